The van der Waals surface area contributed by atoms with Crippen LogP contribution in [0.3, 0.4) is 0 Å². The fourth-order valence-electron chi connectivity index (χ4n) is 4.57. The minimum Gasteiger partial charge on any atom is -0.0832 e. The third-order valence-corrected chi connectivity index (χ3v) is 6.55. The summed E-state index contributed by atoms with van der Waals surface area (Å²) in [5.41, 5.74) is 8.85. The van der Waals surface area contributed by atoms with Crippen molar-refractivity contribution in [1.82, 2.24) is 0 Å². The molecule has 0 saturated heterocycles. The van der Waals surface area contributed by atoms with E-state index >= 15 is 0 Å². The number of allylic oxidation sites excluding steroid dienone is 2. The lowest BCUT2D eigenvalue weighted by Crippen LogP contribution is -2.11. The van der Waals surface area contributed by atoms with E-state index in [1.807, 2.05) is 0 Å². The van der Waals surface area contributed by atoms with Crippen LogP contribution < -0.4 is 0 Å². The fourth-order valence-corrected chi connectivity index (χ4v) is 4.57. The molecule has 2 rings (SSSR count). The Kier molecular flexibility index (Phi) is 8.95. The number of unbranched alkanes of at least 4 members (excludes halogenated alkanes) is 1. The third-order valence-electron chi connectivity index (χ3n) is 6.55. The molecule has 2 unspecified atom stereocenters. The summed E-state index contributed by atoms with van der Waals surface area (Å²) >= 11 is 0. The maximum atomic E-state index is 2.48. The first-order chi connectivity index (χ1) is 14.2. The van der Waals surface area contributed by atoms with Gasteiger partial charge in [0.1, 0.15) is 0 Å². The smallest absolute Gasteiger partial charge is 0.00663 e. The van der Waals surface area contributed by atoms with E-state index in [4.69, 9.17) is 0 Å². The van der Waals surface area contributed by atoms with Gasteiger partial charge in [0.2, 0.25) is 0 Å². The summed E-state index contributed by atoms with van der Waals surface area (Å²) < 4.78 is 0. The van der Waals surface area contributed by atoms with Crippen LogP contribution in [-0.2, 0) is 18.3 Å². The zero-order chi connectivity index (χ0) is 22.3. The normalized spacial score (nSPS) is 14.6. The molecule has 0 bridgehead atoms. The molecule has 0 aliphatic carbocycles. The molecular formula is C30H44. The Balaban J connectivity index is 2.26. The summed E-state index contributed by atoms with van der Waals surface area (Å²) in [5.74, 6) is 1.17. The maximum Gasteiger partial charge on any atom is 0.00663 e. The Morgan fingerprint density at radius 2 is 1.63 bits per heavy atom. The standard InChI is InChI=1S/C30H44/c1-9-12-13-22(4)20-24-14-19-29(25(10-2)21-24)23(5)28(11-3)26-15-17-27(18-16-26)30(6,7)8/h11,14-19,21-23H,9-10,12-13,20H2,1-8H3. The molecule has 0 nitrogen and oxygen atoms in total. The number of aryl methyl sites for hydroxylation is 1. The average molecular weight is 405 g/mol. The van der Waals surface area contributed by atoms with Crippen molar-refractivity contribution in [3.05, 3.63) is 76.4 Å². The van der Waals surface area contributed by atoms with E-state index in [1.165, 1.54) is 59.1 Å². The molecule has 0 spiro atoms. The quantitative estimate of drug-likeness (QED) is 0.391. The lowest BCUT2D eigenvalue weighted by molar-refractivity contribution is 0.503. The van der Waals surface area contributed by atoms with Crippen molar-refractivity contribution >= 4 is 5.57 Å². The van der Waals surface area contributed by atoms with Crippen molar-refractivity contribution < 1.29 is 0 Å². The molecule has 164 valence electrons. The van der Waals surface area contributed by atoms with Gasteiger partial charge in [0.25, 0.3) is 0 Å². The van der Waals surface area contributed by atoms with Crippen LogP contribution in [0.4, 0.5) is 0 Å². The van der Waals surface area contributed by atoms with E-state index in [0.29, 0.717) is 5.92 Å². The highest BCUT2D eigenvalue weighted by Gasteiger charge is 2.18. The summed E-state index contributed by atoms with van der Waals surface area (Å²) in [6, 6.07) is 16.5. The van der Waals surface area contributed by atoms with Gasteiger partial charge >= 0.3 is 0 Å². The van der Waals surface area contributed by atoms with Crippen molar-refractivity contribution in [2.75, 3.05) is 0 Å². The van der Waals surface area contributed by atoms with Gasteiger partial charge in [-0.25, -0.2) is 0 Å². The largest absolute Gasteiger partial charge is 0.0832 e. The van der Waals surface area contributed by atoms with E-state index in [2.05, 4.69) is 104 Å². The molecule has 0 saturated carbocycles. The molecule has 0 amide bonds. The van der Waals surface area contributed by atoms with Crippen molar-refractivity contribution in [1.29, 1.82) is 0 Å². The predicted octanol–water partition coefficient (Wildman–Crippen LogP) is 9.12. The van der Waals surface area contributed by atoms with Crippen LogP contribution >= 0.6 is 0 Å². The van der Waals surface area contributed by atoms with Crippen LogP contribution in [0.25, 0.3) is 5.57 Å². The average Bonchev–Trinajstić information content (AvgIpc) is 2.72. The second-order valence-electron chi connectivity index (χ2n) is 10.1. The Hall–Kier alpha value is -1.82. The molecular weight excluding hydrogens is 360 g/mol. The molecule has 2 aromatic carbocycles. The SMILES string of the molecule is CC=C(c1ccc(C(C)(C)C)cc1)C(C)c1ccc(CC(C)CCCC)cc1CC. The van der Waals surface area contributed by atoms with E-state index in [1.54, 1.807) is 0 Å². The van der Waals surface area contributed by atoms with Crippen molar-refractivity contribution in [2.24, 2.45) is 5.92 Å². The molecule has 0 radical (unpaired) electrons. The monoisotopic (exact) mass is 404 g/mol. The first-order valence-electron chi connectivity index (χ1n) is 12.1. The summed E-state index contributed by atoms with van der Waals surface area (Å²) in [7, 11) is 0. The molecule has 2 atom stereocenters. The number of hydrogen-bond donors (Lipinski definition) is 0. The summed E-state index contributed by atoms with van der Waals surface area (Å²) in [6.45, 7) is 18.4. The van der Waals surface area contributed by atoms with Crippen molar-refractivity contribution in [2.45, 2.75) is 98.8 Å². The van der Waals surface area contributed by atoms with E-state index in [9.17, 15) is 0 Å². The molecule has 0 aromatic heterocycles. The molecule has 30 heavy (non-hydrogen) atoms. The zero-order valence-corrected chi connectivity index (χ0v) is 20.8. The van der Waals surface area contributed by atoms with Crippen LogP contribution in [0, 0.1) is 5.92 Å². The van der Waals surface area contributed by atoms with Gasteiger partial charge in [-0.2, -0.15) is 0 Å². The highest BCUT2D eigenvalue weighted by Crippen LogP contribution is 2.35. The molecule has 0 aliphatic heterocycles. The van der Waals surface area contributed by atoms with Gasteiger partial charge in [0.05, 0.1) is 0 Å². The van der Waals surface area contributed by atoms with Crippen LogP contribution in [0.15, 0.2) is 48.5 Å². The van der Waals surface area contributed by atoms with Crippen molar-refractivity contribution in [3.63, 3.8) is 0 Å². The minimum absolute atomic E-state index is 0.194. The third kappa shape index (κ3) is 6.34. The Morgan fingerprint density at radius 3 is 2.17 bits per heavy atom. The van der Waals surface area contributed by atoms with Gasteiger partial charge < -0.3 is 0 Å². The first kappa shape index (κ1) is 24.4. The van der Waals surface area contributed by atoms with Gasteiger partial charge in [0.15, 0.2) is 0 Å². The van der Waals surface area contributed by atoms with E-state index in [0.717, 1.165) is 12.3 Å². The molecule has 0 aliphatic rings. The van der Waals surface area contributed by atoms with Crippen LogP contribution in [0.2, 0.25) is 0 Å². The van der Waals surface area contributed by atoms with E-state index in [-0.39, 0.29) is 5.41 Å². The molecule has 0 N–H and O–H groups in total. The molecule has 2 aromatic rings. The lowest BCUT2D eigenvalue weighted by Gasteiger charge is -2.23. The topological polar surface area (TPSA) is 0 Å². The van der Waals surface area contributed by atoms with E-state index < -0.39 is 0 Å². The summed E-state index contributed by atoms with van der Waals surface area (Å²) in [4.78, 5) is 0. The predicted molar refractivity (Wildman–Crippen MR) is 135 cm³/mol. The van der Waals surface area contributed by atoms with Crippen LogP contribution in [0.5, 0.6) is 0 Å². The van der Waals surface area contributed by atoms with Gasteiger partial charge in [-0.15, -0.1) is 0 Å². The molecule has 0 heteroatoms. The maximum absolute atomic E-state index is 2.48. The highest BCUT2D eigenvalue weighted by molar-refractivity contribution is 5.72. The minimum atomic E-state index is 0.194. The van der Waals surface area contributed by atoms with Crippen molar-refractivity contribution in [3.8, 4) is 0 Å². The number of hydrogen-bond acceptors (Lipinski definition) is 0. The fraction of sp³-hybridized carbons (Fsp3) is 0.533. The van der Waals surface area contributed by atoms with Crippen LogP contribution in [0.1, 0.15) is 108 Å². The second kappa shape index (κ2) is 11.0. The molecule has 0 heterocycles. The second-order valence-corrected chi connectivity index (χ2v) is 10.1. The zero-order valence-electron chi connectivity index (χ0n) is 20.8. The lowest BCUT2D eigenvalue weighted by atomic mass is 9.82. The highest BCUT2D eigenvalue weighted by atomic mass is 14.2. The van der Waals surface area contributed by atoms with Gasteiger partial charge in [-0.05, 0) is 64.5 Å². The van der Waals surface area contributed by atoms with Crippen LogP contribution in [-0.4, -0.2) is 0 Å². The molecule has 0 fully saturated rings. The Labute approximate surface area is 186 Å². The van der Waals surface area contributed by atoms with Gasteiger partial charge in [-0.1, -0.05) is 116 Å². The first-order valence-corrected chi connectivity index (χ1v) is 12.1. The summed E-state index contributed by atoms with van der Waals surface area (Å²) in [5, 5.41) is 0. The summed E-state index contributed by atoms with van der Waals surface area (Å²) in [6.07, 6.45) is 8.57. The van der Waals surface area contributed by atoms with Gasteiger partial charge in [-0.3, -0.25) is 0 Å². The number of benzene rings is 2. The Bertz CT molecular complexity index is 814. The Morgan fingerprint density at radius 1 is 0.967 bits per heavy atom. The van der Waals surface area contributed by atoms with Gasteiger partial charge in [0, 0.05) is 5.92 Å². The number of rotatable bonds is 9.